The Morgan fingerprint density at radius 2 is 1.70 bits per heavy atom. The van der Waals surface area contributed by atoms with Crippen molar-refractivity contribution in [2.75, 3.05) is 20.3 Å². The Morgan fingerprint density at radius 3 is 2.17 bits per heavy atom. The van der Waals surface area contributed by atoms with Gasteiger partial charge in [0.15, 0.2) is 0 Å². The molecule has 0 unspecified atom stereocenters. The lowest BCUT2D eigenvalue weighted by atomic mass is 9.77. The lowest BCUT2D eigenvalue weighted by Gasteiger charge is -2.48. The van der Waals surface area contributed by atoms with Crippen molar-refractivity contribution in [3.8, 4) is 0 Å². The maximum atomic E-state index is 11.6. The van der Waals surface area contributed by atoms with Crippen LogP contribution >= 0.6 is 22.7 Å². The average molecular weight is 350 g/mol. The molecule has 1 N–H and O–H groups in total. The molecule has 23 heavy (non-hydrogen) atoms. The highest BCUT2D eigenvalue weighted by atomic mass is 32.1. The molecule has 2 aromatic heterocycles. The first-order chi connectivity index (χ1) is 11.2. The van der Waals surface area contributed by atoms with Crippen LogP contribution in [0.5, 0.6) is 0 Å². The van der Waals surface area contributed by atoms with Crippen LogP contribution in [0.3, 0.4) is 0 Å². The van der Waals surface area contributed by atoms with Gasteiger partial charge >= 0.3 is 0 Å². The largest absolute Gasteiger partial charge is 0.379 e. The first kappa shape index (κ1) is 15.8. The molecule has 2 saturated heterocycles. The minimum Gasteiger partial charge on any atom is -0.379 e. The van der Waals surface area contributed by atoms with Crippen molar-refractivity contribution in [2.24, 2.45) is 5.92 Å². The molecule has 4 heterocycles. The van der Waals surface area contributed by atoms with E-state index in [9.17, 15) is 5.11 Å². The SMILES string of the molecule is CN1[C@@H]2COC[C@H]1C[C@@H](CC(O)(c1cccs1)c1cccs1)C2. The lowest BCUT2D eigenvalue weighted by Crippen LogP contribution is -2.55. The van der Waals surface area contributed by atoms with Gasteiger partial charge in [0, 0.05) is 21.8 Å². The van der Waals surface area contributed by atoms with Crippen LogP contribution in [0.4, 0.5) is 0 Å². The summed E-state index contributed by atoms with van der Waals surface area (Å²) < 4.78 is 5.73. The van der Waals surface area contributed by atoms with Gasteiger partial charge in [0.2, 0.25) is 0 Å². The number of hydrogen-bond acceptors (Lipinski definition) is 5. The van der Waals surface area contributed by atoms with Crippen LogP contribution in [0.25, 0.3) is 0 Å². The fourth-order valence-electron chi connectivity index (χ4n) is 4.14. The van der Waals surface area contributed by atoms with Gasteiger partial charge in [0.1, 0.15) is 5.60 Å². The highest BCUT2D eigenvalue weighted by molar-refractivity contribution is 7.11. The molecule has 2 fully saturated rings. The van der Waals surface area contributed by atoms with Crippen LogP contribution in [0, 0.1) is 5.92 Å². The maximum Gasteiger partial charge on any atom is 0.133 e. The Bertz CT molecular complexity index is 577. The number of piperidine rings is 1. The third kappa shape index (κ3) is 2.89. The Kier molecular flexibility index (Phi) is 4.32. The van der Waals surface area contributed by atoms with E-state index >= 15 is 0 Å². The molecule has 0 aromatic carbocycles. The lowest BCUT2D eigenvalue weighted by molar-refractivity contribution is -0.0841. The van der Waals surface area contributed by atoms with Gasteiger partial charge in [-0.2, -0.15) is 0 Å². The summed E-state index contributed by atoms with van der Waals surface area (Å²) >= 11 is 3.32. The summed E-state index contributed by atoms with van der Waals surface area (Å²) in [5.74, 6) is 0.541. The normalized spacial score (nSPS) is 28.9. The van der Waals surface area contributed by atoms with Crippen LogP contribution in [-0.2, 0) is 10.3 Å². The van der Waals surface area contributed by atoms with Crippen molar-refractivity contribution in [1.82, 2.24) is 4.90 Å². The molecular weight excluding hydrogens is 326 g/mol. The zero-order valence-corrected chi connectivity index (χ0v) is 15.0. The second-order valence-corrected chi connectivity index (χ2v) is 8.76. The van der Waals surface area contributed by atoms with Gasteiger partial charge in [-0.25, -0.2) is 0 Å². The summed E-state index contributed by atoms with van der Waals surface area (Å²) in [7, 11) is 2.22. The molecule has 2 aliphatic rings. The zero-order valence-electron chi connectivity index (χ0n) is 13.4. The maximum absolute atomic E-state index is 11.6. The van der Waals surface area contributed by atoms with E-state index in [2.05, 4.69) is 34.8 Å². The Labute approximate surface area is 145 Å². The molecule has 124 valence electrons. The molecule has 2 aromatic rings. The second kappa shape index (κ2) is 6.30. The van der Waals surface area contributed by atoms with Gasteiger partial charge in [-0.1, -0.05) is 12.1 Å². The highest BCUT2D eigenvalue weighted by Crippen LogP contribution is 2.44. The van der Waals surface area contributed by atoms with Crippen molar-refractivity contribution in [1.29, 1.82) is 0 Å². The van der Waals surface area contributed by atoms with Crippen LogP contribution in [0.1, 0.15) is 29.0 Å². The number of morpholine rings is 1. The molecule has 4 rings (SSSR count). The molecule has 2 bridgehead atoms. The van der Waals surface area contributed by atoms with Gasteiger partial charge in [-0.05, 0) is 55.1 Å². The molecule has 0 aliphatic carbocycles. The van der Waals surface area contributed by atoms with E-state index in [1.54, 1.807) is 22.7 Å². The molecule has 3 nitrogen and oxygen atoms in total. The summed E-state index contributed by atoms with van der Waals surface area (Å²) in [6, 6.07) is 9.23. The topological polar surface area (TPSA) is 32.7 Å². The Hall–Kier alpha value is -0.720. The smallest absolute Gasteiger partial charge is 0.133 e. The highest BCUT2D eigenvalue weighted by Gasteiger charge is 2.42. The van der Waals surface area contributed by atoms with Crippen molar-refractivity contribution in [3.05, 3.63) is 44.8 Å². The minimum absolute atomic E-state index is 0.503. The van der Waals surface area contributed by atoms with Gasteiger partial charge in [-0.3, -0.25) is 4.90 Å². The number of likely N-dealkylation sites (N-methyl/N-ethyl adjacent to an activating group) is 1. The number of fused-ring (bicyclic) bond motifs is 2. The van der Waals surface area contributed by atoms with E-state index in [0.717, 1.165) is 42.2 Å². The van der Waals surface area contributed by atoms with Gasteiger partial charge in [-0.15, -0.1) is 22.7 Å². The first-order valence-electron chi connectivity index (χ1n) is 8.27. The standard InChI is InChI=1S/C18H23NO2S2/c1-19-14-8-13(9-15(19)12-21-11-14)10-18(20,16-4-2-6-22-16)17-5-3-7-23-17/h2-7,13-15,20H,8-12H2,1H3/t13-,14-,15+. The molecule has 0 radical (unpaired) electrons. The van der Waals surface area contributed by atoms with Gasteiger partial charge in [0.25, 0.3) is 0 Å². The zero-order chi connectivity index (χ0) is 15.9. The van der Waals surface area contributed by atoms with Gasteiger partial charge in [0.05, 0.1) is 13.2 Å². The van der Waals surface area contributed by atoms with E-state index in [1.165, 1.54) is 0 Å². The molecular formula is C18H23NO2S2. The monoisotopic (exact) mass is 349 g/mol. The molecule has 0 saturated carbocycles. The predicted molar refractivity (Wildman–Crippen MR) is 95.1 cm³/mol. The predicted octanol–water partition coefficient (Wildman–Crippen LogP) is 3.54. The number of hydrogen-bond donors (Lipinski definition) is 1. The third-order valence-electron chi connectivity index (χ3n) is 5.42. The van der Waals surface area contributed by atoms with E-state index in [-0.39, 0.29) is 0 Å². The average Bonchev–Trinajstić information content (AvgIpc) is 3.22. The van der Waals surface area contributed by atoms with E-state index < -0.39 is 5.60 Å². The number of rotatable bonds is 4. The molecule has 2 aliphatic heterocycles. The number of ether oxygens (including phenoxy) is 1. The molecule has 0 amide bonds. The van der Waals surface area contributed by atoms with Crippen molar-refractivity contribution in [3.63, 3.8) is 0 Å². The van der Waals surface area contributed by atoms with Crippen molar-refractivity contribution < 1.29 is 9.84 Å². The van der Waals surface area contributed by atoms with E-state index in [0.29, 0.717) is 18.0 Å². The third-order valence-corrected chi connectivity index (χ3v) is 7.47. The minimum atomic E-state index is -0.835. The molecule has 0 spiro atoms. The van der Waals surface area contributed by atoms with Crippen molar-refractivity contribution >= 4 is 22.7 Å². The van der Waals surface area contributed by atoms with E-state index in [4.69, 9.17) is 4.74 Å². The van der Waals surface area contributed by atoms with Crippen LogP contribution in [0.15, 0.2) is 35.0 Å². The van der Waals surface area contributed by atoms with Crippen LogP contribution in [0.2, 0.25) is 0 Å². The number of nitrogens with zero attached hydrogens (tertiary/aromatic N) is 1. The first-order valence-corrected chi connectivity index (χ1v) is 10.0. The Balaban J connectivity index is 1.59. The van der Waals surface area contributed by atoms with E-state index in [1.807, 2.05) is 12.1 Å². The van der Waals surface area contributed by atoms with Crippen molar-refractivity contribution in [2.45, 2.75) is 36.9 Å². The summed E-state index contributed by atoms with van der Waals surface area (Å²) in [4.78, 5) is 4.62. The number of aliphatic hydroxyl groups is 1. The Morgan fingerprint density at radius 1 is 1.13 bits per heavy atom. The molecule has 5 heteroatoms. The number of thiophene rings is 2. The summed E-state index contributed by atoms with van der Waals surface area (Å²) in [5.41, 5.74) is -0.835. The van der Waals surface area contributed by atoms with Gasteiger partial charge < -0.3 is 9.84 Å². The molecule has 3 atom stereocenters. The fraction of sp³-hybridized carbons (Fsp3) is 0.556. The van der Waals surface area contributed by atoms with Crippen LogP contribution in [-0.4, -0.2) is 42.4 Å². The summed E-state index contributed by atoms with van der Waals surface area (Å²) in [6.45, 7) is 1.67. The second-order valence-electron chi connectivity index (χ2n) is 6.87. The van der Waals surface area contributed by atoms with Crippen LogP contribution < -0.4 is 0 Å². The fourth-order valence-corrected chi connectivity index (χ4v) is 5.91. The summed E-state index contributed by atoms with van der Waals surface area (Å²) in [6.07, 6.45) is 3.05. The quantitative estimate of drug-likeness (QED) is 0.916. The summed E-state index contributed by atoms with van der Waals surface area (Å²) in [5, 5.41) is 15.7.